The molecule has 4 atom stereocenters. The molecule has 0 spiro atoms. The molecule has 4 aromatic rings. The largest absolute Gasteiger partial charge is 0.508 e. The molecule has 6 rings (SSSR count). The molecule has 0 aromatic heterocycles. The van der Waals surface area contributed by atoms with E-state index >= 15 is 0 Å². The molecule has 220 valence electrons. The van der Waals surface area contributed by atoms with Crippen LogP contribution in [-0.4, -0.2) is 48.2 Å². The Bertz CT molecular complexity index is 1710. The number of hydrogen-bond acceptors (Lipinski definition) is 10. The van der Waals surface area contributed by atoms with Gasteiger partial charge >= 0.3 is 0 Å². The van der Waals surface area contributed by atoms with E-state index in [0.717, 1.165) is 6.07 Å². The van der Waals surface area contributed by atoms with E-state index in [1.807, 2.05) is 0 Å². The fourth-order valence-electron chi connectivity index (χ4n) is 5.83. The lowest BCUT2D eigenvalue weighted by molar-refractivity contribution is 0.0129. The van der Waals surface area contributed by atoms with Crippen LogP contribution in [0.4, 0.5) is 0 Å². The minimum absolute atomic E-state index is 0.0299. The second-order valence-corrected chi connectivity index (χ2v) is 10.3. The van der Waals surface area contributed by atoms with Crippen LogP contribution in [0, 0.1) is 11.8 Å². The molecule has 4 aromatic carbocycles. The Morgan fingerprint density at radius 3 is 1.42 bits per heavy atom. The first-order chi connectivity index (χ1) is 20.7. The standard InChI is InChI=1S/C33H28O10/c1-39-19-8-4-16(5-9-19)32-28(30(37)26-22(35)12-18(34)13-24(26)42-32)29-31(38)27-23(36)14-21(41-3)15-25(27)43-33(29)17-6-10-20(40-2)11-7-17/h4-15,28-29,32-36H,1-3H3/t28-,29-,32-,33+/m0/s1. The summed E-state index contributed by atoms with van der Waals surface area (Å²) in [6.07, 6.45) is -2.07. The molecule has 0 radical (unpaired) electrons. The van der Waals surface area contributed by atoms with Crippen molar-refractivity contribution in [1.82, 2.24) is 0 Å². The van der Waals surface area contributed by atoms with Gasteiger partial charge < -0.3 is 39.0 Å². The summed E-state index contributed by atoms with van der Waals surface area (Å²) >= 11 is 0. The average Bonchev–Trinajstić information content (AvgIpc) is 3.00. The maximum absolute atomic E-state index is 14.5. The van der Waals surface area contributed by atoms with Crippen molar-refractivity contribution in [1.29, 1.82) is 0 Å². The zero-order valence-electron chi connectivity index (χ0n) is 23.4. The van der Waals surface area contributed by atoms with Gasteiger partial charge in [0.25, 0.3) is 0 Å². The normalized spacial score (nSPS) is 20.7. The van der Waals surface area contributed by atoms with Gasteiger partial charge in [0.1, 0.15) is 69.3 Å². The van der Waals surface area contributed by atoms with Gasteiger partial charge in [-0.05, 0) is 35.4 Å². The molecule has 2 heterocycles. The van der Waals surface area contributed by atoms with Gasteiger partial charge in [0.15, 0.2) is 11.6 Å². The van der Waals surface area contributed by atoms with Gasteiger partial charge in [-0.25, -0.2) is 0 Å². The average molecular weight is 585 g/mol. The molecule has 0 saturated carbocycles. The van der Waals surface area contributed by atoms with E-state index in [-0.39, 0.29) is 39.9 Å². The molecule has 2 aliphatic rings. The summed E-state index contributed by atoms with van der Waals surface area (Å²) in [6, 6.07) is 18.8. The number of phenols is 3. The van der Waals surface area contributed by atoms with Crippen LogP contribution in [-0.2, 0) is 0 Å². The number of methoxy groups -OCH3 is 3. The maximum Gasteiger partial charge on any atom is 0.178 e. The van der Waals surface area contributed by atoms with Crippen molar-refractivity contribution in [3.05, 3.63) is 95.1 Å². The molecule has 43 heavy (non-hydrogen) atoms. The highest BCUT2D eigenvalue weighted by Crippen LogP contribution is 2.53. The van der Waals surface area contributed by atoms with Crippen LogP contribution in [0.25, 0.3) is 0 Å². The summed E-state index contributed by atoms with van der Waals surface area (Å²) in [6.45, 7) is 0. The number of carbonyl (C=O) groups is 2. The molecule has 0 aliphatic carbocycles. The number of carbonyl (C=O) groups excluding carboxylic acids is 2. The van der Waals surface area contributed by atoms with E-state index in [0.29, 0.717) is 22.6 Å². The Labute approximate surface area is 246 Å². The lowest BCUT2D eigenvalue weighted by Gasteiger charge is -2.42. The van der Waals surface area contributed by atoms with E-state index < -0.39 is 41.4 Å². The molecule has 3 N–H and O–H groups in total. The number of phenolic OH excluding ortho intramolecular Hbond substituents is 3. The third-order valence-corrected chi connectivity index (χ3v) is 7.89. The van der Waals surface area contributed by atoms with Gasteiger partial charge in [-0.1, -0.05) is 24.3 Å². The highest BCUT2D eigenvalue weighted by molar-refractivity contribution is 6.11. The number of ether oxygens (including phenoxy) is 5. The van der Waals surface area contributed by atoms with Crippen molar-refractivity contribution >= 4 is 11.6 Å². The first-order valence-electron chi connectivity index (χ1n) is 13.4. The molecule has 0 bridgehead atoms. The fraction of sp³-hybridized carbons (Fsp3) is 0.212. The van der Waals surface area contributed by atoms with Crippen molar-refractivity contribution in [2.24, 2.45) is 11.8 Å². The molecule has 0 fully saturated rings. The van der Waals surface area contributed by atoms with E-state index in [2.05, 4.69) is 0 Å². The monoisotopic (exact) mass is 584 g/mol. The van der Waals surface area contributed by atoms with Gasteiger partial charge in [-0.15, -0.1) is 0 Å². The van der Waals surface area contributed by atoms with Crippen molar-refractivity contribution in [3.8, 4) is 46.0 Å². The Morgan fingerprint density at radius 2 is 0.977 bits per heavy atom. The van der Waals surface area contributed by atoms with E-state index in [1.165, 1.54) is 39.5 Å². The maximum atomic E-state index is 14.5. The highest BCUT2D eigenvalue weighted by atomic mass is 16.5. The van der Waals surface area contributed by atoms with Gasteiger partial charge in [-0.3, -0.25) is 9.59 Å². The first kappa shape index (κ1) is 27.8. The third-order valence-electron chi connectivity index (χ3n) is 7.89. The Balaban J connectivity index is 1.57. The summed E-state index contributed by atoms with van der Waals surface area (Å²) in [5.41, 5.74) is 0.837. The number of ketones is 2. The smallest absolute Gasteiger partial charge is 0.178 e. The van der Waals surface area contributed by atoms with Gasteiger partial charge in [0.2, 0.25) is 0 Å². The molecule has 0 saturated heterocycles. The van der Waals surface area contributed by atoms with E-state index in [1.54, 1.807) is 48.5 Å². The SMILES string of the molecule is COc1ccc([C@H]2Oc3cc(OC)cc(O)c3C(=O)[C@@H]2[C@H]2C(=O)c3c(O)cc(O)cc3O[C@H]2c2ccc(OC)cc2)cc1. The van der Waals surface area contributed by atoms with Crippen LogP contribution in [0.15, 0.2) is 72.8 Å². The molecule has 2 aliphatic heterocycles. The number of fused-ring (bicyclic) bond motifs is 2. The highest BCUT2D eigenvalue weighted by Gasteiger charge is 2.53. The number of rotatable bonds is 6. The van der Waals surface area contributed by atoms with Crippen molar-refractivity contribution in [3.63, 3.8) is 0 Å². The summed E-state index contributed by atoms with van der Waals surface area (Å²) in [4.78, 5) is 28.9. The van der Waals surface area contributed by atoms with Crippen LogP contribution in [0.3, 0.4) is 0 Å². The number of benzene rings is 4. The van der Waals surface area contributed by atoms with Crippen molar-refractivity contribution in [2.75, 3.05) is 21.3 Å². The van der Waals surface area contributed by atoms with Gasteiger partial charge in [-0.2, -0.15) is 0 Å². The summed E-state index contributed by atoms with van der Waals surface area (Å²) < 4.78 is 28.6. The van der Waals surface area contributed by atoms with Crippen molar-refractivity contribution < 1.29 is 48.6 Å². The number of Topliss-reactive ketones (excluding diaryl/α,β-unsaturated/α-hetero) is 2. The second kappa shape index (κ2) is 10.8. The molecular weight excluding hydrogens is 556 g/mol. The lowest BCUT2D eigenvalue weighted by atomic mass is 9.69. The Hall–Kier alpha value is -5.38. The first-order valence-corrected chi connectivity index (χ1v) is 13.4. The zero-order valence-corrected chi connectivity index (χ0v) is 23.4. The zero-order chi connectivity index (χ0) is 30.4. The number of aromatic hydroxyl groups is 3. The van der Waals surface area contributed by atoms with E-state index in [4.69, 9.17) is 23.7 Å². The summed E-state index contributed by atoms with van der Waals surface area (Å²) in [5.74, 6) is -3.25. The van der Waals surface area contributed by atoms with Crippen LogP contribution < -0.4 is 23.7 Å². The number of hydrogen-bond donors (Lipinski definition) is 3. The van der Waals surface area contributed by atoms with Crippen LogP contribution in [0.5, 0.6) is 46.0 Å². The Kier molecular flexibility index (Phi) is 6.97. The molecule has 0 unspecified atom stereocenters. The third kappa shape index (κ3) is 4.70. The van der Waals surface area contributed by atoms with Crippen molar-refractivity contribution in [2.45, 2.75) is 12.2 Å². The van der Waals surface area contributed by atoms with E-state index in [9.17, 15) is 24.9 Å². The van der Waals surface area contributed by atoms with Crippen LogP contribution >= 0.6 is 0 Å². The molecule has 0 amide bonds. The summed E-state index contributed by atoms with van der Waals surface area (Å²) in [7, 11) is 4.48. The minimum atomic E-state index is -1.23. The van der Waals surface area contributed by atoms with Gasteiger partial charge in [0.05, 0.1) is 33.2 Å². The lowest BCUT2D eigenvalue weighted by Crippen LogP contribution is -2.45. The summed E-state index contributed by atoms with van der Waals surface area (Å²) in [5, 5.41) is 31.8. The molecular formula is C33H28O10. The van der Waals surface area contributed by atoms with Crippen LogP contribution in [0.2, 0.25) is 0 Å². The predicted octanol–water partition coefficient (Wildman–Crippen LogP) is 5.39. The predicted molar refractivity (Wildman–Crippen MR) is 153 cm³/mol. The second-order valence-electron chi connectivity index (χ2n) is 10.3. The molecule has 10 heteroatoms. The fourth-order valence-corrected chi connectivity index (χ4v) is 5.83. The minimum Gasteiger partial charge on any atom is -0.508 e. The van der Waals surface area contributed by atoms with Gasteiger partial charge in [0, 0.05) is 24.3 Å². The Morgan fingerprint density at radius 1 is 0.558 bits per heavy atom. The molecule has 10 nitrogen and oxygen atoms in total. The van der Waals surface area contributed by atoms with Crippen LogP contribution in [0.1, 0.15) is 44.1 Å². The quantitative estimate of drug-likeness (QED) is 0.270. The topological polar surface area (TPSA) is 141 Å².